The number of benzene rings is 2. The van der Waals surface area contributed by atoms with Crippen LogP contribution < -0.4 is 19.8 Å². The third-order valence-electron chi connectivity index (χ3n) is 3.72. The van der Waals surface area contributed by atoms with Gasteiger partial charge in [0.1, 0.15) is 11.6 Å². The molecule has 7 nitrogen and oxygen atoms in total. The minimum atomic E-state index is -0.577. The van der Waals surface area contributed by atoms with Crippen LogP contribution in [0.25, 0.3) is 0 Å². The number of aromatic hydroxyl groups is 1. The van der Waals surface area contributed by atoms with Crippen molar-refractivity contribution >= 4 is 0 Å². The van der Waals surface area contributed by atoms with Gasteiger partial charge in [-0.05, 0) is 29.8 Å². The molecule has 1 heterocycles. The van der Waals surface area contributed by atoms with E-state index in [2.05, 4.69) is 9.97 Å². The first-order chi connectivity index (χ1) is 12.6. The average molecular weight is 354 g/mol. The number of aromatic amines is 1. The number of H-pyrrole nitrogens is 1. The van der Waals surface area contributed by atoms with Crippen molar-refractivity contribution in [2.24, 2.45) is 0 Å². The zero-order valence-corrected chi connectivity index (χ0v) is 14.4. The molecule has 0 spiro atoms. The summed E-state index contributed by atoms with van der Waals surface area (Å²) in [7, 11) is 3.08. The van der Waals surface area contributed by atoms with Crippen LogP contribution in [0, 0.1) is 0 Å². The van der Waals surface area contributed by atoms with Crippen LogP contribution >= 0.6 is 0 Å². The Kier molecular flexibility index (Phi) is 5.07. The molecule has 1 aromatic heterocycles. The van der Waals surface area contributed by atoms with Crippen molar-refractivity contribution in [1.82, 2.24) is 9.97 Å². The highest BCUT2D eigenvalue weighted by molar-refractivity contribution is 5.44. The predicted molar refractivity (Wildman–Crippen MR) is 95.4 cm³/mol. The second kappa shape index (κ2) is 7.60. The van der Waals surface area contributed by atoms with Gasteiger partial charge in [0.05, 0.1) is 14.2 Å². The van der Waals surface area contributed by atoms with Gasteiger partial charge >= 0.3 is 0 Å². The highest BCUT2D eigenvalue weighted by Crippen LogP contribution is 2.32. The number of para-hydroxylation sites is 2. The molecule has 0 aliphatic carbocycles. The lowest BCUT2D eigenvalue weighted by molar-refractivity contribution is 0.356. The molecule has 0 amide bonds. The standard InChI is InChI=1S/C19H18N2O5/c1-24-13-9-7-12(8-10-13)11-16-20-18(22)17(19(23)21-16)26-15-6-4-3-5-14(15)25-2/h3-10H,11H2,1-2H3,(H2,20,21,22,23). The van der Waals surface area contributed by atoms with Crippen LogP contribution in [-0.4, -0.2) is 29.3 Å². The second-order valence-electron chi connectivity index (χ2n) is 5.44. The Labute approximate surface area is 149 Å². The largest absolute Gasteiger partial charge is 0.497 e. The minimum absolute atomic E-state index is 0.284. The number of rotatable bonds is 6. The van der Waals surface area contributed by atoms with Gasteiger partial charge in [0, 0.05) is 6.42 Å². The molecule has 2 aromatic carbocycles. The first kappa shape index (κ1) is 17.3. The van der Waals surface area contributed by atoms with Crippen molar-refractivity contribution in [2.75, 3.05) is 14.2 Å². The maximum absolute atomic E-state index is 12.3. The van der Waals surface area contributed by atoms with Crippen molar-refractivity contribution in [3.63, 3.8) is 0 Å². The van der Waals surface area contributed by atoms with E-state index in [1.165, 1.54) is 7.11 Å². The van der Waals surface area contributed by atoms with Crippen LogP contribution in [0.5, 0.6) is 28.9 Å². The monoisotopic (exact) mass is 354 g/mol. The van der Waals surface area contributed by atoms with Gasteiger partial charge in [-0.1, -0.05) is 24.3 Å². The Hall–Kier alpha value is -3.48. The Balaban J connectivity index is 1.85. The molecule has 0 atom stereocenters. The molecule has 3 rings (SSSR count). The van der Waals surface area contributed by atoms with Crippen molar-refractivity contribution in [1.29, 1.82) is 0 Å². The SMILES string of the molecule is COc1ccc(Cc2nc(O)c(Oc3ccccc3OC)c(=O)[nH]2)cc1. The molecule has 0 fully saturated rings. The molecule has 0 radical (unpaired) electrons. The normalized spacial score (nSPS) is 10.4. The lowest BCUT2D eigenvalue weighted by Crippen LogP contribution is -2.14. The van der Waals surface area contributed by atoms with Crippen molar-refractivity contribution in [3.05, 3.63) is 70.3 Å². The molecule has 7 heteroatoms. The zero-order valence-electron chi connectivity index (χ0n) is 14.4. The molecule has 0 unspecified atom stereocenters. The molecular formula is C19H18N2O5. The molecule has 26 heavy (non-hydrogen) atoms. The van der Waals surface area contributed by atoms with E-state index in [-0.39, 0.29) is 5.75 Å². The van der Waals surface area contributed by atoms with Crippen molar-refractivity contribution < 1.29 is 19.3 Å². The summed E-state index contributed by atoms with van der Waals surface area (Å²) in [5.41, 5.74) is 0.332. The molecular weight excluding hydrogens is 336 g/mol. The van der Waals surface area contributed by atoms with E-state index in [0.717, 1.165) is 11.3 Å². The fourth-order valence-corrected chi connectivity index (χ4v) is 2.42. The van der Waals surface area contributed by atoms with Gasteiger partial charge in [0.25, 0.3) is 17.2 Å². The molecule has 0 bridgehead atoms. The molecule has 0 saturated heterocycles. The number of hydrogen-bond donors (Lipinski definition) is 2. The fourth-order valence-electron chi connectivity index (χ4n) is 2.42. The summed E-state index contributed by atoms with van der Waals surface area (Å²) < 4.78 is 15.8. The van der Waals surface area contributed by atoms with Gasteiger partial charge in [-0.25, -0.2) is 0 Å². The number of nitrogens with zero attached hydrogens (tertiary/aromatic N) is 1. The highest BCUT2D eigenvalue weighted by atomic mass is 16.5. The van der Waals surface area contributed by atoms with Gasteiger partial charge in [0.2, 0.25) is 0 Å². The first-order valence-electron chi connectivity index (χ1n) is 7.86. The minimum Gasteiger partial charge on any atom is -0.497 e. The number of aromatic nitrogens is 2. The smallest absolute Gasteiger partial charge is 0.298 e. The van der Waals surface area contributed by atoms with Crippen LogP contribution in [0.4, 0.5) is 0 Å². The third kappa shape index (κ3) is 3.77. The highest BCUT2D eigenvalue weighted by Gasteiger charge is 2.15. The summed E-state index contributed by atoms with van der Waals surface area (Å²) in [4.78, 5) is 19.0. The van der Waals surface area contributed by atoms with Gasteiger partial charge in [0.15, 0.2) is 11.5 Å². The van der Waals surface area contributed by atoms with E-state index in [1.807, 2.05) is 24.3 Å². The summed E-state index contributed by atoms with van der Waals surface area (Å²) in [6.45, 7) is 0. The molecule has 134 valence electrons. The Bertz CT molecular complexity index is 951. The summed E-state index contributed by atoms with van der Waals surface area (Å²) in [6.07, 6.45) is 0.349. The molecule has 0 aliphatic rings. The Morgan fingerprint density at radius 2 is 1.69 bits per heavy atom. The lowest BCUT2D eigenvalue weighted by atomic mass is 10.1. The lowest BCUT2D eigenvalue weighted by Gasteiger charge is -2.10. The van der Waals surface area contributed by atoms with Gasteiger partial charge in [-0.2, -0.15) is 4.98 Å². The Morgan fingerprint density at radius 3 is 2.31 bits per heavy atom. The summed E-state index contributed by atoms with van der Waals surface area (Å²) in [6, 6.07) is 14.2. The Morgan fingerprint density at radius 1 is 1.00 bits per heavy atom. The third-order valence-corrected chi connectivity index (χ3v) is 3.72. The van der Waals surface area contributed by atoms with E-state index >= 15 is 0 Å². The maximum Gasteiger partial charge on any atom is 0.298 e. The zero-order chi connectivity index (χ0) is 18.5. The second-order valence-corrected chi connectivity index (χ2v) is 5.44. The van der Waals surface area contributed by atoms with Crippen LogP contribution in [0.15, 0.2) is 53.3 Å². The van der Waals surface area contributed by atoms with E-state index in [0.29, 0.717) is 23.7 Å². The van der Waals surface area contributed by atoms with E-state index in [4.69, 9.17) is 14.2 Å². The van der Waals surface area contributed by atoms with E-state index in [1.54, 1.807) is 31.4 Å². The topological polar surface area (TPSA) is 93.7 Å². The number of nitrogens with one attached hydrogen (secondary N) is 1. The van der Waals surface area contributed by atoms with Gasteiger partial charge in [-0.3, -0.25) is 4.79 Å². The van der Waals surface area contributed by atoms with E-state index < -0.39 is 11.4 Å². The maximum atomic E-state index is 12.3. The van der Waals surface area contributed by atoms with Crippen molar-refractivity contribution in [3.8, 4) is 28.9 Å². The molecule has 2 N–H and O–H groups in total. The average Bonchev–Trinajstić information content (AvgIpc) is 2.65. The first-order valence-corrected chi connectivity index (χ1v) is 7.86. The van der Waals surface area contributed by atoms with Crippen LogP contribution in [0.3, 0.4) is 0 Å². The predicted octanol–water partition coefficient (Wildman–Crippen LogP) is 2.88. The summed E-state index contributed by atoms with van der Waals surface area (Å²) >= 11 is 0. The molecule has 0 aliphatic heterocycles. The van der Waals surface area contributed by atoms with Crippen molar-refractivity contribution in [2.45, 2.75) is 6.42 Å². The number of hydrogen-bond acceptors (Lipinski definition) is 6. The molecule has 0 saturated carbocycles. The van der Waals surface area contributed by atoms with Crippen LogP contribution in [0.2, 0.25) is 0 Å². The van der Waals surface area contributed by atoms with Gasteiger partial charge in [-0.15, -0.1) is 0 Å². The quantitative estimate of drug-likeness (QED) is 0.707. The van der Waals surface area contributed by atoms with Gasteiger partial charge < -0.3 is 24.3 Å². The van der Waals surface area contributed by atoms with E-state index in [9.17, 15) is 9.90 Å². The fraction of sp³-hybridized carbons (Fsp3) is 0.158. The summed E-state index contributed by atoms with van der Waals surface area (Å²) in [5.74, 6) is 1.04. The summed E-state index contributed by atoms with van der Waals surface area (Å²) in [5, 5.41) is 10.1. The number of ether oxygens (including phenoxy) is 3. The van der Waals surface area contributed by atoms with Crippen LogP contribution in [0.1, 0.15) is 11.4 Å². The van der Waals surface area contributed by atoms with Crippen LogP contribution in [-0.2, 0) is 6.42 Å². The molecule has 3 aromatic rings. The number of methoxy groups -OCH3 is 2.